The third-order valence-corrected chi connectivity index (χ3v) is 3.01. The van der Waals surface area contributed by atoms with Gasteiger partial charge in [-0.2, -0.15) is 5.26 Å². The number of nitrogens with zero attached hydrogens (tertiary/aromatic N) is 2. The van der Waals surface area contributed by atoms with E-state index in [9.17, 15) is 4.79 Å². The molecule has 6 nitrogen and oxygen atoms in total. The normalized spacial score (nSPS) is 10.3. The number of rotatable bonds is 2. The highest BCUT2D eigenvalue weighted by Gasteiger charge is 2.11. The quantitative estimate of drug-likeness (QED) is 0.554. The second kappa shape index (κ2) is 5.07. The molecule has 1 heterocycles. The third-order valence-electron chi connectivity index (χ3n) is 3.01. The van der Waals surface area contributed by atoms with Gasteiger partial charge in [0.1, 0.15) is 5.52 Å². The maximum absolute atomic E-state index is 11.4. The first kappa shape index (κ1) is 12.8. The van der Waals surface area contributed by atoms with Gasteiger partial charge in [0.2, 0.25) is 5.89 Å². The lowest BCUT2D eigenvalue weighted by atomic mass is 10.1. The van der Waals surface area contributed by atoms with Crippen molar-refractivity contribution in [3.05, 3.63) is 53.6 Å². The van der Waals surface area contributed by atoms with Crippen molar-refractivity contribution < 1.29 is 14.4 Å². The summed E-state index contributed by atoms with van der Waals surface area (Å²) < 4.78 is 5.61. The molecule has 3 rings (SSSR count). The number of hydroxylamine groups is 1. The summed E-state index contributed by atoms with van der Waals surface area (Å²) in [6, 6.07) is 13.5. The van der Waals surface area contributed by atoms with E-state index in [-0.39, 0.29) is 5.56 Å². The molecule has 6 heteroatoms. The lowest BCUT2D eigenvalue weighted by Gasteiger charge is -1.96. The van der Waals surface area contributed by atoms with E-state index < -0.39 is 5.91 Å². The predicted molar refractivity (Wildman–Crippen MR) is 73.4 cm³/mol. The van der Waals surface area contributed by atoms with Crippen LogP contribution in [0.5, 0.6) is 0 Å². The summed E-state index contributed by atoms with van der Waals surface area (Å²) in [6.45, 7) is 0. The number of benzene rings is 2. The Hall–Kier alpha value is -3.17. The van der Waals surface area contributed by atoms with E-state index in [2.05, 4.69) is 4.98 Å². The maximum atomic E-state index is 11.4. The Morgan fingerprint density at radius 1 is 1.24 bits per heavy atom. The predicted octanol–water partition coefficient (Wildman–Crippen LogP) is 2.49. The molecular weight excluding hydrogens is 270 g/mol. The fourth-order valence-electron chi connectivity index (χ4n) is 1.94. The Morgan fingerprint density at radius 2 is 2.00 bits per heavy atom. The molecule has 0 unspecified atom stereocenters. The number of oxazole rings is 1. The Morgan fingerprint density at radius 3 is 2.67 bits per heavy atom. The molecule has 1 amide bonds. The lowest BCUT2D eigenvalue weighted by Crippen LogP contribution is -2.18. The minimum absolute atomic E-state index is 0.282. The zero-order valence-corrected chi connectivity index (χ0v) is 10.7. The van der Waals surface area contributed by atoms with Gasteiger partial charge in [-0.3, -0.25) is 10.0 Å². The number of amides is 1. The van der Waals surface area contributed by atoms with E-state index in [1.165, 1.54) is 12.1 Å². The molecule has 0 fully saturated rings. The zero-order valence-electron chi connectivity index (χ0n) is 10.7. The van der Waals surface area contributed by atoms with Gasteiger partial charge in [0, 0.05) is 11.1 Å². The summed E-state index contributed by atoms with van der Waals surface area (Å²) in [6.07, 6.45) is 0. The van der Waals surface area contributed by atoms with Crippen LogP contribution < -0.4 is 5.48 Å². The smallest absolute Gasteiger partial charge is 0.274 e. The van der Waals surface area contributed by atoms with Crippen LogP contribution in [0.3, 0.4) is 0 Å². The molecule has 0 atom stereocenters. The van der Waals surface area contributed by atoms with Crippen molar-refractivity contribution in [2.24, 2.45) is 0 Å². The standard InChI is InChI=1S/C15H9N3O3/c16-8-9-1-3-10(4-2-9)15-17-12-7-11(14(19)18-20)5-6-13(12)21-15/h1-7,20H,(H,18,19). The van der Waals surface area contributed by atoms with Gasteiger partial charge < -0.3 is 4.42 Å². The molecule has 0 spiro atoms. The van der Waals surface area contributed by atoms with Crippen LogP contribution in [0.1, 0.15) is 15.9 Å². The van der Waals surface area contributed by atoms with Crippen molar-refractivity contribution >= 4 is 17.0 Å². The van der Waals surface area contributed by atoms with Crippen molar-refractivity contribution in [2.75, 3.05) is 0 Å². The molecular formula is C15H9N3O3. The van der Waals surface area contributed by atoms with Crippen molar-refractivity contribution in [1.82, 2.24) is 10.5 Å². The van der Waals surface area contributed by atoms with Crippen LogP contribution in [0, 0.1) is 11.3 Å². The van der Waals surface area contributed by atoms with Gasteiger partial charge in [-0.05, 0) is 42.5 Å². The fourth-order valence-corrected chi connectivity index (χ4v) is 1.94. The lowest BCUT2D eigenvalue weighted by molar-refractivity contribution is 0.0706. The molecule has 21 heavy (non-hydrogen) atoms. The van der Waals surface area contributed by atoms with Gasteiger partial charge in [0.25, 0.3) is 5.91 Å². The number of fused-ring (bicyclic) bond motifs is 1. The first-order valence-corrected chi connectivity index (χ1v) is 6.07. The van der Waals surface area contributed by atoms with Crippen molar-refractivity contribution in [3.63, 3.8) is 0 Å². The van der Waals surface area contributed by atoms with Gasteiger partial charge in [0.15, 0.2) is 5.58 Å². The minimum atomic E-state index is -0.611. The van der Waals surface area contributed by atoms with Crippen molar-refractivity contribution in [2.45, 2.75) is 0 Å². The summed E-state index contributed by atoms with van der Waals surface area (Å²) in [4.78, 5) is 15.7. The highest BCUT2D eigenvalue weighted by atomic mass is 16.5. The van der Waals surface area contributed by atoms with E-state index >= 15 is 0 Å². The Kier molecular flexibility index (Phi) is 3.10. The molecule has 102 valence electrons. The number of aromatic nitrogens is 1. The maximum Gasteiger partial charge on any atom is 0.274 e. The fraction of sp³-hybridized carbons (Fsp3) is 0. The summed E-state index contributed by atoms with van der Waals surface area (Å²) >= 11 is 0. The molecule has 2 N–H and O–H groups in total. The SMILES string of the molecule is N#Cc1ccc(-c2nc3cc(C(=O)NO)ccc3o2)cc1. The largest absolute Gasteiger partial charge is 0.436 e. The van der Waals surface area contributed by atoms with Crippen LogP contribution in [-0.4, -0.2) is 16.1 Å². The topological polar surface area (TPSA) is 99.2 Å². The van der Waals surface area contributed by atoms with Crippen LogP contribution in [0.15, 0.2) is 46.9 Å². The second-order valence-corrected chi connectivity index (χ2v) is 4.33. The molecule has 0 saturated heterocycles. The van der Waals surface area contributed by atoms with Crippen LogP contribution in [-0.2, 0) is 0 Å². The Bertz CT molecular complexity index is 860. The van der Waals surface area contributed by atoms with Crippen LogP contribution in [0.25, 0.3) is 22.6 Å². The molecule has 0 radical (unpaired) electrons. The van der Waals surface area contributed by atoms with Gasteiger partial charge >= 0.3 is 0 Å². The van der Waals surface area contributed by atoms with Gasteiger partial charge in [-0.15, -0.1) is 0 Å². The number of carbonyl (C=O) groups is 1. The molecule has 0 aliphatic rings. The molecule has 2 aromatic carbocycles. The van der Waals surface area contributed by atoms with E-state index in [0.29, 0.717) is 22.6 Å². The van der Waals surface area contributed by atoms with E-state index in [1.807, 2.05) is 6.07 Å². The van der Waals surface area contributed by atoms with E-state index in [0.717, 1.165) is 5.56 Å². The number of nitriles is 1. The first-order chi connectivity index (χ1) is 10.2. The summed E-state index contributed by atoms with van der Waals surface area (Å²) in [5.41, 5.74) is 4.18. The number of hydrogen-bond donors (Lipinski definition) is 2. The van der Waals surface area contributed by atoms with Gasteiger partial charge in [-0.25, -0.2) is 10.5 Å². The highest BCUT2D eigenvalue weighted by molar-refractivity contribution is 5.96. The van der Waals surface area contributed by atoms with Gasteiger partial charge in [0.05, 0.1) is 11.6 Å². The number of carbonyl (C=O) groups excluding carboxylic acids is 1. The van der Waals surface area contributed by atoms with Crippen LogP contribution in [0.2, 0.25) is 0 Å². The average Bonchev–Trinajstić information content (AvgIpc) is 2.97. The Balaban J connectivity index is 2.04. The van der Waals surface area contributed by atoms with E-state index in [4.69, 9.17) is 14.9 Å². The summed E-state index contributed by atoms with van der Waals surface area (Å²) in [5.74, 6) is -0.212. The zero-order chi connectivity index (χ0) is 14.8. The van der Waals surface area contributed by atoms with Crippen molar-refractivity contribution in [1.29, 1.82) is 5.26 Å². The van der Waals surface area contributed by atoms with Crippen molar-refractivity contribution in [3.8, 4) is 17.5 Å². The summed E-state index contributed by atoms with van der Waals surface area (Å²) in [7, 11) is 0. The molecule has 0 saturated carbocycles. The molecule has 0 aliphatic carbocycles. The van der Waals surface area contributed by atoms with Gasteiger partial charge in [-0.1, -0.05) is 0 Å². The third kappa shape index (κ3) is 2.33. The second-order valence-electron chi connectivity index (χ2n) is 4.33. The monoisotopic (exact) mass is 279 g/mol. The molecule has 1 aromatic heterocycles. The number of hydrogen-bond acceptors (Lipinski definition) is 5. The van der Waals surface area contributed by atoms with E-state index in [1.54, 1.807) is 35.8 Å². The molecule has 3 aromatic rings. The average molecular weight is 279 g/mol. The first-order valence-electron chi connectivity index (χ1n) is 6.07. The van der Waals surface area contributed by atoms with Crippen LogP contribution in [0.4, 0.5) is 0 Å². The minimum Gasteiger partial charge on any atom is -0.436 e. The molecule has 0 aliphatic heterocycles. The molecule has 0 bridgehead atoms. The highest BCUT2D eigenvalue weighted by Crippen LogP contribution is 2.25. The Labute approximate surface area is 119 Å². The summed E-state index contributed by atoms with van der Waals surface area (Å²) in [5, 5.41) is 17.4. The number of nitrogens with one attached hydrogen (secondary N) is 1. The van der Waals surface area contributed by atoms with Crippen LogP contribution >= 0.6 is 0 Å².